The van der Waals surface area contributed by atoms with Gasteiger partial charge in [0.2, 0.25) is 0 Å². The van der Waals surface area contributed by atoms with E-state index in [1.165, 1.54) is 51.4 Å². The molecule has 0 fully saturated rings. The topological polar surface area (TPSA) is 67.8 Å². The molecule has 0 atom stereocenters. The molecule has 0 amide bonds. The molecule has 0 aliphatic rings. The summed E-state index contributed by atoms with van der Waals surface area (Å²) in [5, 5.41) is 11.8. The van der Waals surface area contributed by atoms with Crippen LogP contribution in [0.5, 0.6) is 5.75 Å². The third kappa shape index (κ3) is 14.4. The van der Waals surface area contributed by atoms with E-state index in [4.69, 9.17) is 14.6 Å². The molecule has 0 unspecified atom stereocenters. The Morgan fingerprint density at radius 3 is 2.07 bits per heavy atom. The fourth-order valence-corrected chi connectivity index (χ4v) is 3.27. The fourth-order valence-electron chi connectivity index (χ4n) is 3.27. The Labute approximate surface area is 183 Å². The van der Waals surface area contributed by atoms with Gasteiger partial charge in [0, 0.05) is 6.54 Å². The first-order chi connectivity index (χ1) is 14.8. The van der Waals surface area contributed by atoms with Crippen molar-refractivity contribution < 1.29 is 19.4 Å². The molecule has 0 spiro atoms. The van der Waals surface area contributed by atoms with E-state index in [-0.39, 0.29) is 12.6 Å². The fraction of sp³-hybridized carbons (Fsp3) is 0.720. The number of esters is 1. The molecule has 0 aliphatic carbocycles. The average Bonchev–Trinajstić information content (AvgIpc) is 2.77. The Morgan fingerprint density at radius 1 is 0.800 bits per heavy atom. The minimum atomic E-state index is -0.279. The highest BCUT2D eigenvalue weighted by Crippen LogP contribution is 2.15. The molecule has 5 nitrogen and oxygen atoms in total. The molecule has 1 aromatic carbocycles. The molecule has 0 saturated carbocycles. The van der Waals surface area contributed by atoms with Crippen molar-refractivity contribution in [3.8, 4) is 5.75 Å². The summed E-state index contributed by atoms with van der Waals surface area (Å²) in [7, 11) is 0. The maximum Gasteiger partial charge on any atom is 0.338 e. The van der Waals surface area contributed by atoms with Crippen molar-refractivity contribution in [2.24, 2.45) is 0 Å². The van der Waals surface area contributed by atoms with E-state index in [1.54, 1.807) is 12.1 Å². The summed E-state index contributed by atoms with van der Waals surface area (Å²) in [4.78, 5) is 12.1. The van der Waals surface area contributed by atoms with E-state index in [2.05, 4.69) is 12.2 Å². The van der Waals surface area contributed by atoms with Gasteiger partial charge in [0.1, 0.15) is 5.75 Å². The van der Waals surface area contributed by atoms with Crippen LogP contribution in [-0.4, -0.2) is 44.0 Å². The van der Waals surface area contributed by atoms with Gasteiger partial charge in [-0.1, -0.05) is 58.3 Å². The van der Waals surface area contributed by atoms with E-state index >= 15 is 0 Å². The number of rotatable bonds is 20. The molecule has 0 aliphatic heterocycles. The lowest BCUT2D eigenvalue weighted by atomic mass is 10.1. The molecule has 0 saturated heterocycles. The molecule has 1 aromatic rings. The number of carbonyl (C=O) groups is 1. The van der Waals surface area contributed by atoms with E-state index < -0.39 is 0 Å². The van der Waals surface area contributed by atoms with Crippen molar-refractivity contribution in [1.82, 2.24) is 5.32 Å². The van der Waals surface area contributed by atoms with Crippen molar-refractivity contribution >= 4 is 5.97 Å². The molecule has 0 heterocycles. The van der Waals surface area contributed by atoms with Gasteiger partial charge < -0.3 is 19.9 Å². The lowest BCUT2D eigenvalue weighted by Gasteiger charge is -2.08. The third-order valence-electron chi connectivity index (χ3n) is 5.13. The minimum Gasteiger partial charge on any atom is -0.494 e. The van der Waals surface area contributed by atoms with Crippen LogP contribution >= 0.6 is 0 Å². The van der Waals surface area contributed by atoms with Gasteiger partial charge in [-0.15, -0.1) is 0 Å². The number of ether oxygens (including phenoxy) is 2. The molecule has 0 aromatic heterocycles. The maximum atomic E-state index is 12.1. The second kappa shape index (κ2) is 19.4. The quantitative estimate of drug-likeness (QED) is 0.215. The van der Waals surface area contributed by atoms with Crippen molar-refractivity contribution in [1.29, 1.82) is 0 Å². The van der Waals surface area contributed by atoms with Crippen LogP contribution in [0.3, 0.4) is 0 Å². The highest BCUT2D eigenvalue weighted by molar-refractivity contribution is 5.89. The largest absolute Gasteiger partial charge is 0.494 e. The number of hydrogen-bond acceptors (Lipinski definition) is 5. The smallest absolute Gasteiger partial charge is 0.338 e. The minimum absolute atomic E-state index is 0.167. The zero-order valence-corrected chi connectivity index (χ0v) is 19.0. The standard InChI is InChI=1S/C25H43NO4/c1-2-3-4-5-6-7-8-9-12-21-29-24-16-14-23(15-17-24)25(28)30-22-13-10-11-18-26-19-20-27/h14-17,26-27H,2-13,18-22H2,1H3. The normalized spacial score (nSPS) is 10.9. The summed E-state index contributed by atoms with van der Waals surface area (Å²) in [6.45, 7) is 5.11. The van der Waals surface area contributed by atoms with Gasteiger partial charge >= 0.3 is 5.97 Å². The first kappa shape index (κ1) is 26.4. The van der Waals surface area contributed by atoms with Crippen LogP contribution in [0.25, 0.3) is 0 Å². The number of carbonyl (C=O) groups excluding carboxylic acids is 1. The van der Waals surface area contributed by atoms with E-state index in [1.807, 2.05) is 12.1 Å². The summed E-state index contributed by atoms with van der Waals surface area (Å²) < 4.78 is 11.1. The number of unbranched alkanes of at least 4 members (excludes halogenated alkanes) is 10. The molecular formula is C25H43NO4. The summed E-state index contributed by atoms with van der Waals surface area (Å²) in [6.07, 6.45) is 14.6. The van der Waals surface area contributed by atoms with Crippen LogP contribution in [0, 0.1) is 0 Å². The van der Waals surface area contributed by atoms with Gasteiger partial charge in [0.15, 0.2) is 0 Å². The van der Waals surface area contributed by atoms with Gasteiger partial charge in [0.25, 0.3) is 0 Å². The second-order valence-electron chi connectivity index (χ2n) is 7.87. The highest BCUT2D eigenvalue weighted by atomic mass is 16.5. The van der Waals surface area contributed by atoms with Gasteiger partial charge in [-0.3, -0.25) is 0 Å². The molecule has 5 heteroatoms. The number of aliphatic hydroxyl groups excluding tert-OH is 1. The Kier molecular flexibility index (Phi) is 17.1. The molecule has 172 valence electrons. The number of benzene rings is 1. The lowest BCUT2D eigenvalue weighted by molar-refractivity contribution is 0.0498. The van der Waals surface area contributed by atoms with Gasteiger partial charge in [-0.25, -0.2) is 4.79 Å². The van der Waals surface area contributed by atoms with Crippen LogP contribution in [0.4, 0.5) is 0 Å². The highest BCUT2D eigenvalue weighted by Gasteiger charge is 2.07. The van der Waals surface area contributed by atoms with E-state index in [9.17, 15) is 4.79 Å². The monoisotopic (exact) mass is 421 g/mol. The van der Waals surface area contributed by atoms with Crippen LogP contribution in [0.1, 0.15) is 94.3 Å². The first-order valence-corrected chi connectivity index (χ1v) is 12.0. The average molecular weight is 422 g/mol. The molecule has 2 N–H and O–H groups in total. The number of nitrogens with one attached hydrogen (secondary N) is 1. The maximum absolute atomic E-state index is 12.1. The van der Waals surface area contributed by atoms with Crippen molar-refractivity contribution in [2.75, 3.05) is 32.9 Å². The van der Waals surface area contributed by atoms with Gasteiger partial charge in [-0.2, -0.15) is 0 Å². The Bertz CT molecular complexity index is 518. The van der Waals surface area contributed by atoms with Crippen molar-refractivity contribution in [3.63, 3.8) is 0 Å². The zero-order valence-electron chi connectivity index (χ0n) is 19.0. The van der Waals surface area contributed by atoms with E-state index in [0.717, 1.165) is 44.6 Å². The van der Waals surface area contributed by atoms with Gasteiger partial charge in [0.05, 0.1) is 25.4 Å². The van der Waals surface area contributed by atoms with Crippen molar-refractivity contribution in [3.05, 3.63) is 29.8 Å². The summed E-state index contributed by atoms with van der Waals surface area (Å²) in [5.41, 5.74) is 0.565. The van der Waals surface area contributed by atoms with Crippen LogP contribution < -0.4 is 10.1 Å². The molecule has 1 rings (SSSR count). The molecule has 0 radical (unpaired) electrons. The zero-order chi connectivity index (χ0) is 21.7. The van der Waals surface area contributed by atoms with Gasteiger partial charge in [-0.05, 0) is 56.5 Å². The SMILES string of the molecule is CCCCCCCCCCCOc1ccc(C(=O)OCCCCCNCCO)cc1. The Morgan fingerprint density at radius 2 is 1.40 bits per heavy atom. The molecule has 0 bridgehead atoms. The number of aliphatic hydroxyl groups is 1. The van der Waals surface area contributed by atoms with Crippen LogP contribution in [0.15, 0.2) is 24.3 Å². The second-order valence-corrected chi connectivity index (χ2v) is 7.87. The summed E-state index contributed by atoms with van der Waals surface area (Å²) in [5.74, 6) is 0.528. The third-order valence-corrected chi connectivity index (χ3v) is 5.13. The predicted octanol–water partition coefficient (Wildman–Crippen LogP) is 5.51. The summed E-state index contributed by atoms with van der Waals surface area (Å²) >= 11 is 0. The predicted molar refractivity (Wildman–Crippen MR) is 123 cm³/mol. The number of hydrogen-bond donors (Lipinski definition) is 2. The summed E-state index contributed by atoms with van der Waals surface area (Å²) in [6, 6.07) is 7.23. The Hall–Kier alpha value is -1.59. The molecular weight excluding hydrogens is 378 g/mol. The lowest BCUT2D eigenvalue weighted by Crippen LogP contribution is -2.19. The Balaban J connectivity index is 2.03. The van der Waals surface area contributed by atoms with Crippen molar-refractivity contribution in [2.45, 2.75) is 84.0 Å². The van der Waals surface area contributed by atoms with E-state index in [0.29, 0.717) is 18.7 Å². The van der Waals surface area contributed by atoms with Crippen LogP contribution in [0.2, 0.25) is 0 Å². The molecule has 30 heavy (non-hydrogen) atoms. The first-order valence-electron chi connectivity index (χ1n) is 12.0. The van der Waals surface area contributed by atoms with Crippen LogP contribution in [-0.2, 0) is 4.74 Å².